The van der Waals surface area contributed by atoms with Gasteiger partial charge in [-0.25, -0.2) is 0 Å². The maximum atomic E-state index is 12.0. The number of hydrogen-bond donors (Lipinski definition) is 1. The highest BCUT2D eigenvalue weighted by molar-refractivity contribution is 6.02. The van der Waals surface area contributed by atoms with Crippen LogP contribution >= 0.6 is 0 Å². The lowest BCUT2D eigenvalue weighted by Gasteiger charge is -2.07. The summed E-state index contributed by atoms with van der Waals surface area (Å²) < 4.78 is 5.63. The molecule has 0 unspecified atom stereocenters. The minimum absolute atomic E-state index is 0.134. The first-order valence-corrected chi connectivity index (χ1v) is 8.37. The second-order valence-corrected chi connectivity index (χ2v) is 5.91. The Morgan fingerprint density at radius 2 is 1.88 bits per heavy atom. The van der Waals surface area contributed by atoms with E-state index >= 15 is 0 Å². The van der Waals surface area contributed by atoms with Gasteiger partial charge in [0, 0.05) is 11.8 Å². The van der Waals surface area contributed by atoms with Crippen LogP contribution in [0.5, 0.6) is 5.75 Å². The van der Waals surface area contributed by atoms with Gasteiger partial charge in [-0.2, -0.15) is 0 Å². The number of ether oxygens (including phenoxy) is 1. The van der Waals surface area contributed by atoms with Crippen molar-refractivity contribution >= 4 is 17.7 Å². The maximum absolute atomic E-state index is 12.0. The van der Waals surface area contributed by atoms with Crippen LogP contribution in [0.25, 0.3) is 6.08 Å². The summed E-state index contributed by atoms with van der Waals surface area (Å²) in [5, 5.41) is 2.90. The lowest BCUT2D eigenvalue weighted by molar-refractivity contribution is -0.111. The molecule has 1 N–H and O–H groups in total. The molecule has 0 aliphatic carbocycles. The second-order valence-electron chi connectivity index (χ2n) is 5.91. The third kappa shape index (κ3) is 5.58. The SMILES string of the molecule is CCCCOc1ccc(/C=C/C(=O)Nc2ccc(C)cc2C)cc1. The van der Waals surface area contributed by atoms with Gasteiger partial charge in [0.25, 0.3) is 0 Å². The Morgan fingerprint density at radius 3 is 2.54 bits per heavy atom. The molecule has 1 amide bonds. The molecule has 0 fully saturated rings. The van der Waals surface area contributed by atoms with Crippen molar-refractivity contribution in [1.29, 1.82) is 0 Å². The van der Waals surface area contributed by atoms with Crippen LogP contribution in [-0.4, -0.2) is 12.5 Å². The first-order valence-electron chi connectivity index (χ1n) is 8.37. The Kier molecular flexibility index (Phi) is 6.62. The third-order valence-electron chi connectivity index (χ3n) is 3.71. The quantitative estimate of drug-likeness (QED) is 0.566. The van der Waals surface area contributed by atoms with Gasteiger partial charge in [-0.15, -0.1) is 0 Å². The smallest absolute Gasteiger partial charge is 0.248 e. The summed E-state index contributed by atoms with van der Waals surface area (Å²) in [4.78, 5) is 12.0. The topological polar surface area (TPSA) is 38.3 Å². The molecule has 0 aromatic heterocycles. The largest absolute Gasteiger partial charge is 0.494 e. The monoisotopic (exact) mass is 323 g/mol. The van der Waals surface area contributed by atoms with Gasteiger partial charge in [-0.3, -0.25) is 4.79 Å². The van der Waals surface area contributed by atoms with Gasteiger partial charge in [0.2, 0.25) is 5.91 Å². The van der Waals surface area contributed by atoms with Crippen LogP contribution in [0.4, 0.5) is 5.69 Å². The number of nitrogens with one attached hydrogen (secondary N) is 1. The Bertz CT molecular complexity index is 702. The van der Waals surface area contributed by atoms with Gasteiger partial charge in [0.15, 0.2) is 0 Å². The summed E-state index contributed by atoms with van der Waals surface area (Å²) in [6.45, 7) is 6.90. The highest BCUT2D eigenvalue weighted by Gasteiger charge is 2.01. The highest BCUT2D eigenvalue weighted by atomic mass is 16.5. The van der Waals surface area contributed by atoms with Crippen molar-refractivity contribution in [2.24, 2.45) is 0 Å². The highest BCUT2D eigenvalue weighted by Crippen LogP contribution is 2.17. The van der Waals surface area contributed by atoms with Crippen LogP contribution < -0.4 is 10.1 Å². The van der Waals surface area contributed by atoms with Gasteiger partial charge in [-0.05, 0) is 55.7 Å². The van der Waals surface area contributed by atoms with E-state index in [1.54, 1.807) is 12.2 Å². The standard InChI is InChI=1S/C21H25NO2/c1-4-5-14-24-19-10-7-18(8-11-19)9-13-21(23)22-20-12-6-16(2)15-17(20)3/h6-13,15H,4-5,14H2,1-3H3,(H,22,23)/b13-9+. The zero-order valence-corrected chi connectivity index (χ0v) is 14.6. The van der Waals surface area contributed by atoms with Crippen molar-refractivity contribution in [3.05, 3.63) is 65.2 Å². The maximum Gasteiger partial charge on any atom is 0.248 e. The predicted molar refractivity (Wildman–Crippen MR) is 100 cm³/mol. The molecule has 3 heteroatoms. The number of anilines is 1. The molecule has 2 rings (SSSR count). The molecule has 0 aliphatic rings. The Labute approximate surface area is 144 Å². The third-order valence-corrected chi connectivity index (χ3v) is 3.71. The van der Waals surface area contributed by atoms with Crippen molar-refractivity contribution in [1.82, 2.24) is 0 Å². The van der Waals surface area contributed by atoms with Crippen molar-refractivity contribution in [3.8, 4) is 5.75 Å². The molecular formula is C21H25NO2. The molecule has 0 heterocycles. The van der Waals surface area contributed by atoms with E-state index in [1.165, 1.54) is 5.56 Å². The van der Waals surface area contributed by atoms with E-state index in [0.29, 0.717) is 0 Å². The van der Waals surface area contributed by atoms with E-state index < -0.39 is 0 Å². The minimum atomic E-state index is -0.134. The average Bonchev–Trinajstić information content (AvgIpc) is 2.57. The van der Waals surface area contributed by atoms with Gasteiger partial charge < -0.3 is 10.1 Å². The number of carbonyl (C=O) groups is 1. The Morgan fingerprint density at radius 1 is 1.12 bits per heavy atom. The van der Waals surface area contributed by atoms with E-state index in [-0.39, 0.29) is 5.91 Å². The fourth-order valence-electron chi connectivity index (χ4n) is 2.31. The number of aryl methyl sites for hydroxylation is 2. The van der Waals surface area contributed by atoms with Crippen LogP contribution in [0, 0.1) is 13.8 Å². The average molecular weight is 323 g/mol. The van der Waals surface area contributed by atoms with Crippen LogP contribution in [0.2, 0.25) is 0 Å². The summed E-state index contributed by atoms with van der Waals surface area (Å²) in [6.07, 6.45) is 5.53. The molecule has 0 aliphatic heterocycles. The lowest BCUT2D eigenvalue weighted by Crippen LogP contribution is -2.08. The second kappa shape index (κ2) is 8.92. The minimum Gasteiger partial charge on any atom is -0.494 e. The lowest BCUT2D eigenvalue weighted by atomic mass is 10.1. The number of hydrogen-bond acceptors (Lipinski definition) is 2. The molecule has 0 saturated carbocycles. The molecule has 0 bridgehead atoms. The molecule has 0 saturated heterocycles. The van der Waals surface area contributed by atoms with Crippen molar-refractivity contribution in [3.63, 3.8) is 0 Å². The van der Waals surface area contributed by atoms with E-state index in [2.05, 4.69) is 18.3 Å². The normalized spacial score (nSPS) is 10.8. The first-order chi connectivity index (χ1) is 11.6. The summed E-state index contributed by atoms with van der Waals surface area (Å²) in [5.74, 6) is 0.727. The van der Waals surface area contributed by atoms with Gasteiger partial charge in [0.1, 0.15) is 5.75 Å². The molecule has 0 radical (unpaired) electrons. The van der Waals surface area contributed by atoms with Crippen LogP contribution in [0.3, 0.4) is 0 Å². The number of unbranched alkanes of at least 4 members (excludes halogenated alkanes) is 1. The first kappa shape index (κ1) is 17.8. The number of benzene rings is 2. The van der Waals surface area contributed by atoms with Crippen LogP contribution in [-0.2, 0) is 4.79 Å². The summed E-state index contributed by atoms with van der Waals surface area (Å²) >= 11 is 0. The van der Waals surface area contributed by atoms with Crippen molar-refractivity contribution in [2.45, 2.75) is 33.6 Å². The molecule has 0 spiro atoms. The van der Waals surface area contributed by atoms with Crippen LogP contribution in [0.1, 0.15) is 36.5 Å². The van der Waals surface area contributed by atoms with Crippen molar-refractivity contribution in [2.75, 3.05) is 11.9 Å². The van der Waals surface area contributed by atoms with Crippen LogP contribution in [0.15, 0.2) is 48.5 Å². The molecule has 126 valence electrons. The number of amides is 1. The number of carbonyl (C=O) groups excluding carboxylic acids is 1. The fraction of sp³-hybridized carbons (Fsp3) is 0.286. The van der Waals surface area contributed by atoms with E-state index in [9.17, 15) is 4.79 Å². The van der Waals surface area contributed by atoms with Gasteiger partial charge in [-0.1, -0.05) is 43.2 Å². The molecule has 3 nitrogen and oxygen atoms in total. The summed E-state index contributed by atoms with van der Waals surface area (Å²) in [5.41, 5.74) is 4.05. The Hall–Kier alpha value is -2.55. The van der Waals surface area contributed by atoms with Gasteiger partial charge >= 0.3 is 0 Å². The fourth-order valence-corrected chi connectivity index (χ4v) is 2.31. The predicted octanol–water partition coefficient (Wildman–Crippen LogP) is 5.13. The molecule has 24 heavy (non-hydrogen) atoms. The number of rotatable bonds is 7. The molecule has 0 atom stereocenters. The molecule has 2 aromatic rings. The van der Waals surface area contributed by atoms with E-state index in [1.807, 2.05) is 50.2 Å². The van der Waals surface area contributed by atoms with E-state index in [0.717, 1.165) is 42.0 Å². The summed E-state index contributed by atoms with van der Waals surface area (Å²) in [7, 11) is 0. The van der Waals surface area contributed by atoms with Crippen molar-refractivity contribution < 1.29 is 9.53 Å². The van der Waals surface area contributed by atoms with E-state index in [4.69, 9.17) is 4.74 Å². The zero-order chi connectivity index (χ0) is 17.4. The summed E-state index contributed by atoms with van der Waals surface area (Å²) in [6, 6.07) is 13.7. The van der Waals surface area contributed by atoms with Gasteiger partial charge in [0.05, 0.1) is 6.61 Å². The molecule has 2 aromatic carbocycles. The Balaban J connectivity index is 1.91. The zero-order valence-electron chi connectivity index (χ0n) is 14.6. The molecular weight excluding hydrogens is 298 g/mol.